The molecule has 0 aromatic carbocycles. The van der Waals surface area contributed by atoms with Crippen LogP contribution in [0.15, 0.2) is 18.6 Å². The van der Waals surface area contributed by atoms with Crippen molar-refractivity contribution in [3.8, 4) is 0 Å². The largest absolute Gasteiger partial charge is 0.384 e. The number of aryl methyl sites for hydroxylation is 3. The molecule has 6 heteroatoms. The SMILES string of the molecule is Cn1cc(CCn2cc(C(C)(C)O)nn2)cn1. The molecule has 0 aliphatic heterocycles. The molecule has 0 saturated heterocycles. The van der Waals surface area contributed by atoms with Gasteiger partial charge in [-0.1, -0.05) is 5.21 Å². The molecule has 2 aromatic heterocycles. The number of aromatic nitrogens is 5. The van der Waals surface area contributed by atoms with Gasteiger partial charge in [0.25, 0.3) is 0 Å². The zero-order chi connectivity index (χ0) is 12.5. The molecule has 1 N–H and O–H groups in total. The minimum atomic E-state index is -0.938. The van der Waals surface area contributed by atoms with Crippen LogP contribution in [-0.2, 0) is 25.6 Å². The van der Waals surface area contributed by atoms with Gasteiger partial charge in [-0.15, -0.1) is 5.10 Å². The van der Waals surface area contributed by atoms with Gasteiger partial charge in [0.15, 0.2) is 0 Å². The first-order valence-corrected chi connectivity index (χ1v) is 5.55. The number of hydrogen-bond donors (Lipinski definition) is 1. The zero-order valence-corrected chi connectivity index (χ0v) is 10.3. The first-order valence-electron chi connectivity index (χ1n) is 5.55. The van der Waals surface area contributed by atoms with Gasteiger partial charge >= 0.3 is 0 Å². The van der Waals surface area contributed by atoms with Crippen LogP contribution >= 0.6 is 0 Å². The van der Waals surface area contributed by atoms with E-state index in [0.29, 0.717) is 5.69 Å². The Labute approximate surface area is 99.9 Å². The third-order valence-electron chi connectivity index (χ3n) is 2.55. The molecule has 0 unspecified atom stereocenters. The minimum Gasteiger partial charge on any atom is -0.384 e. The Morgan fingerprint density at radius 1 is 1.35 bits per heavy atom. The molecule has 0 spiro atoms. The summed E-state index contributed by atoms with van der Waals surface area (Å²) in [6.07, 6.45) is 6.44. The number of rotatable bonds is 4. The Morgan fingerprint density at radius 3 is 2.65 bits per heavy atom. The molecule has 0 bridgehead atoms. The number of nitrogens with zero attached hydrogens (tertiary/aromatic N) is 5. The topological polar surface area (TPSA) is 68.8 Å². The van der Waals surface area contributed by atoms with Crippen LogP contribution in [0.4, 0.5) is 0 Å². The van der Waals surface area contributed by atoms with Gasteiger partial charge in [-0.25, -0.2) is 0 Å². The van der Waals surface area contributed by atoms with Crippen molar-refractivity contribution in [3.05, 3.63) is 29.8 Å². The van der Waals surface area contributed by atoms with Crippen molar-refractivity contribution in [2.75, 3.05) is 0 Å². The second-order valence-electron chi connectivity index (χ2n) is 4.70. The van der Waals surface area contributed by atoms with Crippen molar-refractivity contribution in [2.24, 2.45) is 7.05 Å². The van der Waals surface area contributed by atoms with Crippen LogP contribution in [0.1, 0.15) is 25.1 Å². The van der Waals surface area contributed by atoms with Crippen molar-refractivity contribution in [1.29, 1.82) is 0 Å². The molecule has 0 aliphatic rings. The van der Waals surface area contributed by atoms with Crippen LogP contribution in [-0.4, -0.2) is 29.9 Å². The fourth-order valence-corrected chi connectivity index (χ4v) is 1.53. The maximum absolute atomic E-state index is 9.76. The molecule has 2 aromatic rings. The highest BCUT2D eigenvalue weighted by Crippen LogP contribution is 2.15. The van der Waals surface area contributed by atoms with E-state index >= 15 is 0 Å². The van der Waals surface area contributed by atoms with Crippen molar-refractivity contribution in [2.45, 2.75) is 32.4 Å². The molecule has 92 valence electrons. The second kappa shape index (κ2) is 4.29. The quantitative estimate of drug-likeness (QED) is 0.837. The van der Waals surface area contributed by atoms with E-state index in [2.05, 4.69) is 15.4 Å². The lowest BCUT2D eigenvalue weighted by molar-refractivity contribution is 0.0737. The Morgan fingerprint density at radius 2 is 2.12 bits per heavy atom. The lowest BCUT2D eigenvalue weighted by Crippen LogP contribution is -2.15. The summed E-state index contributed by atoms with van der Waals surface area (Å²) in [6.45, 7) is 4.12. The molecular formula is C11H17N5O. The summed E-state index contributed by atoms with van der Waals surface area (Å²) in [5, 5.41) is 21.8. The average Bonchev–Trinajstić information content (AvgIpc) is 2.82. The van der Waals surface area contributed by atoms with Crippen LogP contribution < -0.4 is 0 Å². The fraction of sp³-hybridized carbons (Fsp3) is 0.545. The van der Waals surface area contributed by atoms with E-state index in [0.717, 1.165) is 18.5 Å². The number of aliphatic hydroxyl groups is 1. The molecule has 0 saturated carbocycles. The van der Waals surface area contributed by atoms with Gasteiger partial charge in [-0.3, -0.25) is 9.36 Å². The van der Waals surface area contributed by atoms with Gasteiger partial charge in [0, 0.05) is 19.8 Å². The summed E-state index contributed by atoms with van der Waals surface area (Å²) in [5.74, 6) is 0. The van der Waals surface area contributed by atoms with E-state index in [4.69, 9.17) is 0 Å². The van der Waals surface area contributed by atoms with Gasteiger partial charge in [0.05, 0.1) is 12.4 Å². The molecule has 0 radical (unpaired) electrons. The summed E-state index contributed by atoms with van der Waals surface area (Å²) in [4.78, 5) is 0. The lowest BCUT2D eigenvalue weighted by Gasteiger charge is -2.11. The van der Waals surface area contributed by atoms with E-state index in [1.807, 2.05) is 19.4 Å². The molecule has 0 atom stereocenters. The monoisotopic (exact) mass is 235 g/mol. The van der Waals surface area contributed by atoms with Crippen molar-refractivity contribution >= 4 is 0 Å². The van der Waals surface area contributed by atoms with Crippen molar-refractivity contribution < 1.29 is 5.11 Å². The van der Waals surface area contributed by atoms with E-state index in [9.17, 15) is 5.11 Å². The van der Waals surface area contributed by atoms with E-state index in [1.165, 1.54) is 0 Å². The molecule has 0 amide bonds. The van der Waals surface area contributed by atoms with Gasteiger partial charge < -0.3 is 5.11 Å². The fourth-order valence-electron chi connectivity index (χ4n) is 1.53. The van der Waals surface area contributed by atoms with Crippen LogP contribution in [0.25, 0.3) is 0 Å². The molecule has 17 heavy (non-hydrogen) atoms. The molecule has 0 fully saturated rings. The highest BCUT2D eigenvalue weighted by molar-refractivity contribution is 5.05. The van der Waals surface area contributed by atoms with E-state index < -0.39 is 5.60 Å². The maximum atomic E-state index is 9.76. The molecule has 0 aliphatic carbocycles. The second-order valence-corrected chi connectivity index (χ2v) is 4.70. The highest BCUT2D eigenvalue weighted by Gasteiger charge is 2.19. The molecule has 6 nitrogen and oxygen atoms in total. The van der Waals surface area contributed by atoms with Gasteiger partial charge in [-0.2, -0.15) is 5.10 Å². The normalized spacial score (nSPS) is 12.0. The van der Waals surface area contributed by atoms with E-state index in [1.54, 1.807) is 29.4 Å². The van der Waals surface area contributed by atoms with Gasteiger partial charge in [0.1, 0.15) is 11.3 Å². The van der Waals surface area contributed by atoms with Crippen molar-refractivity contribution in [3.63, 3.8) is 0 Å². The third kappa shape index (κ3) is 2.91. The first kappa shape index (κ1) is 11.8. The van der Waals surface area contributed by atoms with Crippen LogP contribution in [0.3, 0.4) is 0 Å². The Hall–Kier alpha value is -1.69. The van der Waals surface area contributed by atoms with E-state index in [-0.39, 0.29) is 0 Å². The third-order valence-corrected chi connectivity index (χ3v) is 2.55. The van der Waals surface area contributed by atoms with Crippen molar-refractivity contribution in [1.82, 2.24) is 24.8 Å². The van der Waals surface area contributed by atoms with Crippen LogP contribution in [0.2, 0.25) is 0 Å². The Kier molecular flexibility index (Phi) is 2.97. The standard InChI is InChI=1S/C11H17N5O/c1-11(2,17)10-8-16(14-13-10)5-4-9-6-12-15(3)7-9/h6-8,17H,4-5H2,1-3H3. The highest BCUT2D eigenvalue weighted by atomic mass is 16.3. The predicted molar refractivity (Wildman–Crippen MR) is 62.2 cm³/mol. The molecule has 2 rings (SSSR count). The Balaban J connectivity index is 1.98. The van der Waals surface area contributed by atoms with Crippen LogP contribution in [0, 0.1) is 0 Å². The molecule has 2 heterocycles. The minimum absolute atomic E-state index is 0.587. The maximum Gasteiger partial charge on any atom is 0.114 e. The molecular weight excluding hydrogens is 218 g/mol. The van der Waals surface area contributed by atoms with Gasteiger partial charge in [-0.05, 0) is 25.8 Å². The summed E-state index contributed by atoms with van der Waals surface area (Å²) >= 11 is 0. The summed E-state index contributed by atoms with van der Waals surface area (Å²) < 4.78 is 3.51. The average molecular weight is 235 g/mol. The summed E-state index contributed by atoms with van der Waals surface area (Å²) in [6, 6.07) is 0. The smallest absolute Gasteiger partial charge is 0.114 e. The van der Waals surface area contributed by atoms with Gasteiger partial charge in [0.2, 0.25) is 0 Å². The summed E-state index contributed by atoms with van der Waals surface area (Å²) in [5.41, 5.74) is 0.809. The first-order chi connectivity index (χ1) is 7.95. The Bertz CT molecular complexity index is 494. The zero-order valence-electron chi connectivity index (χ0n) is 10.3. The number of hydrogen-bond acceptors (Lipinski definition) is 4. The lowest BCUT2D eigenvalue weighted by atomic mass is 10.1. The summed E-state index contributed by atoms with van der Waals surface area (Å²) in [7, 11) is 1.89. The predicted octanol–water partition coefficient (Wildman–Crippen LogP) is 0.482. The van der Waals surface area contributed by atoms with Crippen LogP contribution in [0.5, 0.6) is 0 Å².